The number of carbonyl (C=O) groups is 1. The fourth-order valence-corrected chi connectivity index (χ4v) is 5.84. The Morgan fingerprint density at radius 2 is 1.44 bits per heavy atom. The van der Waals surface area contributed by atoms with Gasteiger partial charge < -0.3 is 4.74 Å². The van der Waals surface area contributed by atoms with Crippen LogP contribution in [0, 0.1) is 13.8 Å². The van der Waals surface area contributed by atoms with Crippen LogP contribution in [0.5, 0.6) is 5.75 Å². The lowest BCUT2D eigenvalue weighted by molar-refractivity contribution is 0.255. The van der Waals surface area contributed by atoms with Crippen LogP contribution in [0.15, 0.2) is 42.5 Å². The molecule has 2 saturated heterocycles. The number of hydrogen-bond donors (Lipinski definition) is 0. The second-order valence-electron chi connectivity index (χ2n) is 7.20. The number of nitrogens with zero attached hydrogens (tertiary/aromatic N) is 2. The Morgan fingerprint density at radius 1 is 0.889 bits per heavy atom. The van der Waals surface area contributed by atoms with E-state index in [2.05, 4.69) is 0 Å². The number of fused-ring (bicyclic) bond motifs is 1. The van der Waals surface area contributed by atoms with Crippen LogP contribution in [0.3, 0.4) is 0 Å². The van der Waals surface area contributed by atoms with Crippen molar-refractivity contribution in [3.8, 4) is 5.75 Å². The smallest absolute Gasteiger partial charge is 0.329 e. The molecule has 0 radical (unpaired) electrons. The molecule has 4 rings (SSSR count). The van der Waals surface area contributed by atoms with Crippen molar-refractivity contribution in [3.05, 3.63) is 53.6 Å². The molecule has 2 aliphatic heterocycles. The highest BCUT2D eigenvalue weighted by Crippen LogP contribution is 2.38. The van der Waals surface area contributed by atoms with E-state index in [-0.39, 0.29) is 23.6 Å². The molecule has 0 N–H and O–H groups in total. The lowest BCUT2D eigenvalue weighted by Gasteiger charge is -2.23. The monoisotopic (exact) mass is 386 g/mol. The maximum atomic E-state index is 13.3. The predicted octanol–water partition coefficient (Wildman–Crippen LogP) is 2.92. The van der Waals surface area contributed by atoms with Crippen molar-refractivity contribution in [2.45, 2.75) is 25.9 Å². The molecule has 0 saturated carbocycles. The third kappa shape index (κ3) is 2.96. The summed E-state index contributed by atoms with van der Waals surface area (Å²) in [6.45, 7) is 4.00. The minimum Gasteiger partial charge on any atom is -0.497 e. The predicted molar refractivity (Wildman–Crippen MR) is 105 cm³/mol. The summed E-state index contributed by atoms with van der Waals surface area (Å²) in [5, 5.41) is 0. The first-order valence-corrected chi connectivity index (χ1v) is 10.7. The molecular weight excluding hydrogens is 364 g/mol. The molecule has 0 aromatic heterocycles. The van der Waals surface area contributed by atoms with E-state index in [1.165, 1.54) is 0 Å². The van der Waals surface area contributed by atoms with Crippen LogP contribution in [0.1, 0.15) is 11.1 Å². The number of benzene rings is 2. The molecule has 142 valence electrons. The maximum Gasteiger partial charge on any atom is 0.329 e. The van der Waals surface area contributed by atoms with E-state index in [0.29, 0.717) is 11.4 Å². The van der Waals surface area contributed by atoms with Crippen LogP contribution >= 0.6 is 0 Å². The molecule has 2 aliphatic rings. The van der Waals surface area contributed by atoms with E-state index in [1.807, 2.05) is 32.0 Å². The average molecular weight is 386 g/mol. The summed E-state index contributed by atoms with van der Waals surface area (Å²) in [7, 11) is -1.62. The van der Waals surface area contributed by atoms with Crippen molar-refractivity contribution >= 4 is 27.2 Å². The topological polar surface area (TPSA) is 66.9 Å². The van der Waals surface area contributed by atoms with Crippen molar-refractivity contribution in [2.24, 2.45) is 0 Å². The van der Waals surface area contributed by atoms with E-state index in [0.717, 1.165) is 16.8 Å². The SMILES string of the molecule is COc1ccc(N2C(=O)N(c3ccc(C)c(C)c3)[C@H]3CS(=O)(=O)C[C@H]32)cc1. The standard InChI is InChI=1S/C20H22N2O4S/c1-13-4-5-16(10-14(13)2)22-19-12-27(24,25)11-18(19)21(20(22)23)15-6-8-17(26-3)9-7-15/h4-10,18-19H,11-12H2,1-3H3/t18-,19+/m1/s1. The van der Waals surface area contributed by atoms with Gasteiger partial charge in [-0.2, -0.15) is 0 Å². The highest BCUT2D eigenvalue weighted by Gasteiger charge is 2.54. The van der Waals surface area contributed by atoms with Crippen molar-refractivity contribution in [3.63, 3.8) is 0 Å². The van der Waals surface area contributed by atoms with Crippen molar-refractivity contribution < 1.29 is 17.9 Å². The van der Waals surface area contributed by atoms with Gasteiger partial charge >= 0.3 is 6.03 Å². The second kappa shape index (κ2) is 6.27. The van der Waals surface area contributed by atoms with Crippen LogP contribution in [0.25, 0.3) is 0 Å². The van der Waals surface area contributed by atoms with E-state index in [4.69, 9.17) is 4.74 Å². The highest BCUT2D eigenvalue weighted by molar-refractivity contribution is 7.91. The summed E-state index contributed by atoms with van der Waals surface area (Å²) < 4.78 is 29.9. The first-order valence-electron chi connectivity index (χ1n) is 8.85. The van der Waals surface area contributed by atoms with E-state index >= 15 is 0 Å². The number of urea groups is 1. The van der Waals surface area contributed by atoms with Crippen LogP contribution in [-0.2, 0) is 9.84 Å². The van der Waals surface area contributed by atoms with Gasteiger partial charge in [0.15, 0.2) is 9.84 Å². The number of aryl methyl sites for hydroxylation is 2. The highest BCUT2D eigenvalue weighted by atomic mass is 32.2. The van der Waals surface area contributed by atoms with Gasteiger partial charge in [0.25, 0.3) is 0 Å². The number of rotatable bonds is 3. The van der Waals surface area contributed by atoms with Crippen molar-refractivity contribution in [1.82, 2.24) is 0 Å². The van der Waals surface area contributed by atoms with Crippen LogP contribution in [0.2, 0.25) is 0 Å². The van der Waals surface area contributed by atoms with Gasteiger partial charge in [0, 0.05) is 11.4 Å². The van der Waals surface area contributed by atoms with Gasteiger partial charge in [-0.15, -0.1) is 0 Å². The third-order valence-corrected chi connectivity index (χ3v) is 7.19. The Kier molecular flexibility index (Phi) is 4.14. The molecule has 27 heavy (non-hydrogen) atoms. The number of hydrogen-bond acceptors (Lipinski definition) is 4. The lowest BCUT2D eigenvalue weighted by Crippen LogP contribution is -2.37. The van der Waals surface area contributed by atoms with Crippen LogP contribution in [-0.4, -0.2) is 45.1 Å². The van der Waals surface area contributed by atoms with E-state index in [9.17, 15) is 13.2 Å². The Bertz CT molecular complexity index is 1000. The zero-order valence-electron chi connectivity index (χ0n) is 15.5. The third-order valence-electron chi connectivity index (χ3n) is 5.49. The zero-order chi connectivity index (χ0) is 19.3. The molecule has 2 heterocycles. The number of carbonyl (C=O) groups excluding carboxylic acids is 1. The number of sulfone groups is 1. The number of anilines is 2. The van der Waals surface area contributed by atoms with Crippen LogP contribution < -0.4 is 14.5 Å². The summed E-state index contributed by atoms with van der Waals surface area (Å²) in [6.07, 6.45) is 0. The molecule has 2 fully saturated rings. The molecule has 0 spiro atoms. The molecule has 2 aromatic rings. The molecule has 0 aliphatic carbocycles. The minimum absolute atomic E-state index is 0.0109. The molecule has 0 unspecified atom stereocenters. The Labute approximate surface area is 159 Å². The molecule has 6 nitrogen and oxygen atoms in total. The van der Waals surface area contributed by atoms with Gasteiger partial charge in [-0.3, -0.25) is 9.80 Å². The van der Waals surface area contributed by atoms with E-state index < -0.39 is 15.9 Å². The Balaban J connectivity index is 1.78. The summed E-state index contributed by atoms with van der Waals surface area (Å²) in [4.78, 5) is 16.6. The normalized spacial score (nSPS) is 23.6. The summed E-state index contributed by atoms with van der Waals surface area (Å²) in [5.41, 5.74) is 3.62. The quantitative estimate of drug-likeness (QED) is 0.761. The minimum atomic E-state index is -3.20. The molecular formula is C20H22N2O4S. The first-order chi connectivity index (χ1) is 12.8. The van der Waals surface area contributed by atoms with Gasteiger partial charge in [-0.25, -0.2) is 13.2 Å². The molecule has 2 aromatic carbocycles. The second-order valence-corrected chi connectivity index (χ2v) is 9.35. The molecule has 2 amide bonds. The van der Waals surface area contributed by atoms with Gasteiger partial charge in [-0.05, 0) is 61.4 Å². The van der Waals surface area contributed by atoms with Gasteiger partial charge in [-0.1, -0.05) is 6.07 Å². The Morgan fingerprint density at radius 3 is 2.00 bits per heavy atom. The summed E-state index contributed by atoms with van der Waals surface area (Å²) >= 11 is 0. The summed E-state index contributed by atoms with van der Waals surface area (Å²) in [5.74, 6) is 0.659. The van der Waals surface area contributed by atoms with Gasteiger partial charge in [0.05, 0.1) is 30.7 Å². The zero-order valence-corrected chi connectivity index (χ0v) is 16.4. The lowest BCUT2D eigenvalue weighted by atomic mass is 10.1. The van der Waals surface area contributed by atoms with Crippen molar-refractivity contribution in [2.75, 3.05) is 28.4 Å². The first kappa shape index (κ1) is 17.9. The fourth-order valence-electron chi connectivity index (χ4n) is 3.93. The Hall–Kier alpha value is -2.54. The number of ether oxygens (including phenoxy) is 1. The molecule has 0 bridgehead atoms. The summed E-state index contributed by atoms with van der Waals surface area (Å²) in [6, 6.07) is 12.0. The van der Waals surface area contributed by atoms with Crippen molar-refractivity contribution in [1.29, 1.82) is 0 Å². The average Bonchev–Trinajstić information content (AvgIpc) is 3.06. The number of methoxy groups -OCH3 is 1. The largest absolute Gasteiger partial charge is 0.497 e. The van der Waals surface area contributed by atoms with Gasteiger partial charge in [0.2, 0.25) is 0 Å². The van der Waals surface area contributed by atoms with Gasteiger partial charge in [0.1, 0.15) is 5.75 Å². The maximum absolute atomic E-state index is 13.3. The number of amides is 2. The fraction of sp³-hybridized carbons (Fsp3) is 0.350. The van der Waals surface area contributed by atoms with E-state index in [1.54, 1.807) is 41.2 Å². The molecule has 7 heteroatoms. The van der Waals surface area contributed by atoms with Crippen LogP contribution in [0.4, 0.5) is 16.2 Å². The molecule has 2 atom stereocenters.